The Morgan fingerprint density at radius 3 is 1.87 bits per heavy atom. The molecule has 0 amide bonds. The Balaban J connectivity index is 1.27. The van der Waals surface area contributed by atoms with Crippen LogP contribution in [-0.4, -0.2) is 14.1 Å². The molecule has 0 radical (unpaired) electrons. The summed E-state index contributed by atoms with van der Waals surface area (Å²) in [5.41, 5.74) is 11.6. The zero-order valence-electron chi connectivity index (χ0n) is 25.3. The van der Waals surface area contributed by atoms with E-state index in [4.69, 9.17) is 9.40 Å². The Labute approximate surface area is 270 Å². The van der Waals surface area contributed by atoms with E-state index in [1.807, 2.05) is 12.1 Å². The zero-order chi connectivity index (χ0) is 30.9. The van der Waals surface area contributed by atoms with Crippen molar-refractivity contribution in [1.82, 2.24) is 14.1 Å². The third kappa shape index (κ3) is 3.92. The van der Waals surface area contributed by atoms with Gasteiger partial charge in [-0.3, -0.25) is 4.57 Å². The molecule has 3 aromatic heterocycles. The van der Waals surface area contributed by atoms with Crippen LogP contribution in [-0.2, 0) is 0 Å². The monoisotopic (exact) mass is 601 g/mol. The molecule has 0 atom stereocenters. The van der Waals surface area contributed by atoms with Gasteiger partial charge in [-0.25, -0.2) is 4.98 Å². The van der Waals surface area contributed by atoms with Crippen molar-refractivity contribution in [3.63, 3.8) is 0 Å². The standard InChI is InChI=1S/C43H27N3O/c1-3-13-30(14-4-1)45-37-20-10-7-17-32(37)34-25-28(23-24-38(34)45)29-26-35(42-33-18-8-12-22-40(33)47-41(42)27-29)43-44-36-19-9-11-21-39(36)46(43)31-15-5-2-6-16-31/h1-27H. The molecule has 7 aromatic carbocycles. The first-order valence-corrected chi connectivity index (χ1v) is 15.9. The highest BCUT2D eigenvalue weighted by Crippen LogP contribution is 2.42. The largest absolute Gasteiger partial charge is 0.456 e. The molecule has 10 rings (SSSR count). The second-order valence-electron chi connectivity index (χ2n) is 12.0. The molecule has 4 nitrogen and oxygen atoms in total. The molecular weight excluding hydrogens is 574 g/mol. The highest BCUT2D eigenvalue weighted by Gasteiger charge is 2.22. The molecule has 0 spiro atoms. The maximum atomic E-state index is 6.57. The molecule has 0 fully saturated rings. The van der Waals surface area contributed by atoms with Crippen molar-refractivity contribution in [2.75, 3.05) is 0 Å². The molecule has 220 valence electrons. The normalized spacial score (nSPS) is 11.8. The number of hydrogen-bond acceptors (Lipinski definition) is 2. The van der Waals surface area contributed by atoms with Crippen LogP contribution in [0.3, 0.4) is 0 Å². The number of hydrogen-bond donors (Lipinski definition) is 0. The molecule has 3 heterocycles. The molecule has 10 aromatic rings. The van der Waals surface area contributed by atoms with Crippen LogP contribution >= 0.6 is 0 Å². The molecule has 0 aliphatic rings. The Kier molecular flexibility index (Phi) is 5.54. The lowest BCUT2D eigenvalue weighted by molar-refractivity contribution is 0.669. The van der Waals surface area contributed by atoms with Gasteiger partial charge in [-0.05, 0) is 83.9 Å². The van der Waals surface area contributed by atoms with Crippen molar-refractivity contribution in [2.45, 2.75) is 0 Å². The molecule has 0 N–H and O–H groups in total. The molecule has 47 heavy (non-hydrogen) atoms. The molecule has 4 heteroatoms. The van der Waals surface area contributed by atoms with Crippen molar-refractivity contribution in [3.8, 4) is 33.9 Å². The zero-order valence-corrected chi connectivity index (χ0v) is 25.3. The number of aromatic nitrogens is 3. The van der Waals surface area contributed by atoms with Gasteiger partial charge in [-0.15, -0.1) is 0 Å². The minimum absolute atomic E-state index is 0.845. The first-order chi connectivity index (χ1) is 23.3. The molecule has 0 aliphatic carbocycles. The Hall–Kier alpha value is -6.39. The lowest BCUT2D eigenvalue weighted by atomic mass is 9.97. The smallest absolute Gasteiger partial charge is 0.146 e. The second-order valence-corrected chi connectivity index (χ2v) is 12.0. The van der Waals surface area contributed by atoms with E-state index in [-0.39, 0.29) is 0 Å². The van der Waals surface area contributed by atoms with E-state index >= 15 is 0 Å². The highest BCUT2D eigenvalue weighted by molar-refractivity contribution is 6.14. The van der Waals surface area contributed by atoms with Crippen LogP contribution in [0.15, 0.2) is 168 Å². The third-order valence-corrected chi connectivity index (χ3v) is 9.31. The van der Waals surface area contributed by atoms with E-state index in [0.29, 0.717) is 0 Å². The van der Waals surface area contributed by atoms with E-state index in [0.717, 1.165) is 66.9 Å². The van der Waals surface area contributed by atoms with Crippen LogP contribution in [0.25, 0.3) is 88.7 Å². The average molecular weight is 602 g/mol. The summed E-state index contributed by atoms with van der Waals surface area (Å²) in [5.74, 6) is 0.887. The number of nitrogens with zero attached hydrogens (tertiary/aromatic N) is 3. The summed E-state index contributed by atoms with van der Waals surface area (Å²) < 4.78 is 11.2. The number of furan rings is 1. The second kappa shape index (κ2) is 10.1. The van der Waals surface area contributed by atoms with Gasteiger partial charge in [0, 0.05) is 38.5 Å². The number of imidazole rings is 1. The van der Waals surface area contributed by atoms with Crippen LogP contribution in [0.1, 0.15) is 0 Å². The SMILES string of the molecule is c1ccc(-n2c(-c3cc(-c4ccc5c(c4)c4ccccc4n5-c4ccccc4)cc4oc5ccccc5c34)nc3ccccc32)cc1. The van der Waals surface area contributed by atoms with Crippen LogP contribution in [0, 0.1) is 0 Å². The van der Waals surface area contributed by atoms with Gasteiger partial charge in [0.15, 0.2) is 0 Å². The van der Waals surface area contributed by atoms with E-state index in [9.17, 15) is 0 Å². The minimum atomic E-state index is 0.845. The summed E-state index contributed by atoms with van der Waals surface area (Å²) in [6, 6.07) is 57.7. The molecule has 0 unspecified atom stereocenters. The van der Waals surface area contributed by atoms with E-state index in [1.54, 1.807) is 0 Å². The van der Waals surface area contributed by atoms with Gasteiger partial charge in [0.05, 0.1) is 22.1 Å². The lowest BCUT2D eigenvalue weighted by Crippen LogP contribution is -1.98. The quantitative estimate of drug-likeness (QED) is 0.201. The lowest BCUT2D eigenvalue weighted by Gasteiger charge is -2.12. The van der Waals surface area contributed by atoms with Crippen LogP contribution < -0.4 is 0 Å². The maximum absolute atomic E-state index is 6.57. The van der Waals surface area contributed by atoms with Gasteiger partial charge in [0.2, 0.25) is 0 Å². The Morgan fingerprint density at radius 2 is 1.06 bits per heavy atom. The summed E-state index contributed by atoms with van der Waals surface area (Å²) in [6.07, 6.45) is 0. The van der Waals surface area contributed by atoms with Crippen molar-refractivity contribution in [2.24, 2.45) is 0 Å². The molecule has 0 saturated carbocycles. The van der Waals surface area contributed by atoms with Gasteiger partial charge in [0.25, 0.3) is 0 Å². The summed E-state index contributed by atoms with van der Waals surface area (Å²) in [7, 11) is 0. The van der Waals surface area contributed by atoms with Gasteiger partial charge in [-0.1, -0.05) is 91.0 Å². The maximum Gasteiger partial charge on any atom is 0.146 e. The van der Waals surface area contributed by atoms with E-state index in [1.165, 1.54) is 21.8 Å². The Morgan fingerprint density at radius 1 is 0.426 bits per heavy atom. The van der Waals surface area contributed by atoms with E-state index in [2.05, 4.69) is 161 Å². The van der Waals surface area contributed by atoms with E-state index < -0.39 is 0 Å². The fraction of sp³-hybridized carbons (Fsp3) is 0. The number of fused-ring (bicyclic) bond motifs is 7. The van der Waals surface area contributed by atoms with Crippen molar-refractivity contribution >= 4 is 54.8 Å². The van der Waals surface area contributed by atoms with Crippen molar-refractivity contribution in [1.29, 1.82) is 0 Å². The first kappa shape index (κ1) is 25.9. The summed E-state index contributed by atoms with van der Waals surface area (Å²) >= 11 is 0. The number of rotatable bonds is 4. The number of para-hydroxylation sites is 6. The topological polar surface area (TPSA) is 35.9 Å². The fourth-order valence-corrected chi connectivity index (χ4v) is 7.25. The van der Waals surface area contributed by atoms with Gasteiger partial charge in [-0.2, -0.15) is 0 Å². The summed E-state index contributed by atoms with van der Waals surface area (Å²) in [6.45, 7) is 0. The average Bonchev–Trinajstić information content (AvgIpc) is 3.81. The minimum Gasteiger partial charge on any atom is -0.456 e. The third-order valence-electron chi connectivity index (χ3n) is 9.31. The Bertz CT molecular complexity index is 2780. The van der Waals surface area contributed by atoms with Gasteiger partial charge >= 0.3 is 0 Å². The van der Waals surface area contributed by atoms with Gasteiger partial charge in [0.1, 0.15) is 17.0 Å². The van der Waals surface area contributed by atoms with Crippen molar-refractivity contribution in [3.05, 3.63) is 164 Å². The molecular formula is C43H27N3O. The van der Waals surface area contributed by atoms with Crippen LogP contribution in [0.2, 0.25) is 0 Å². The molecule has 0 aliphatic heterocycles. The fourth-order valence-electron chi connectivity index (χ4n) is 7.25. The van der Waals surface area contributed by atoms with Crippen LogP contribution in [0.5, 0.6) is 0 Å². The van der Waals surface area contributed by atoms with Crippen molar-refractivity contribution < 1.29 is 4.42 Å². The number of benzene rings is 7. The highest BCUT2D eigenvalue weighted by atomic mass is 16.3. The van der Waals surface area contributed by atoms with Crippen LogP contribution in [0.4, 0.5) is 0 Å². The summed E-state index contributed by atoms with van der Waals surface area (Å²) in [4.78, 5) is 5.28. The first-order valence-electron chi connectivity index (χ1n) is 15.9. The van der Waals surface area contributed by atoms with Gasteiger partial charge < -0.3 is 8.98 Å². The molecule has 0 saturated heterocycles. The molecule has 0 bridgehead atoms. The predicted octanol–water partition coefficient (Wildman–Crippen LogP) is 11.4. The summed E-state index contributed by atoms with van der Waals surface area (Å²) in [5, 5.41) is 4.59. The predicted molar refractivity (Wildman–Crippen MR) is 194 cm³/mol.